The molecule has 1 unspecified atom stereocenters. The van der Waals surface area contributed by atoms with Gasteiger partial charge in [0.15, 0.2) is 0 Å². The topological polar surface area (TPSA) is 93.5 Å². The number of anilines is 1. The fourth-order valence-corrected chi connectivity index (χ4v) is 4.72. The van der Waals surface area contributed by atoms with Crippen LogP contribution in [-0.2, 0) is 22.4 Å². The Morgan fingerprint density at radius 1 is 1.09 bits per heavy atom. The van der Waals surface area contributed by atoms with Gasteiger partial charge in [-0.05, 0) is 68.2 Å². The number of rotatable bonds is 5. The van der Waals surface area contributed by atoms with E-state index in [4.69, 9.17) is 4.74 Å². The van der Waals surface area contributed by atoms with Crippen LogP contribution in [0.4, 0.5) is 10.5 Å². The Morgan fingerprint density at radius 3 is 2.66 bits per heavy atom. The Hall–Kier alpha value is -3.16. The lowest BCUT2D eigenvalue weighted by molar-refractivity contribution is -0.122. The van der Waals surface area contributed by atoms with Crippen molar-refractivity contribution >= 4 is 23.6 Å². The minimum absolute atomic E-state index is 0.0534. The zero-order valence-electron chi connectivity index (χ0n) is 17.9. The molecule has 8 nitrogen and oxygen atoms in total. The zero-order valence-corrected chi connectivity index (χ0v) is 17.9. The molecule has 2 amide bonds. The highest BCUT2D eigenvalue weighted by Gasteiger charge is 2.36. The third-order valence-corrected chi connectivity index (χ3v) is 6.85. The predicted octanol–water partition coefficient (Wildman–Crippen LogP) is 2.94. The van der Waals surface area contributed by atoms with Crippen LogP contribution in [0.5, 0.6) is 0 Å². The van der Waals surface area contributed by atoms with Gasteiger partial charge in [0.05, 0.1) is 25.0 Å². The first-order valence-corrected chi connectivity index (χ1v) is 11.6. The third-order valence-electron chi connectivity index (χ3n) is 6.85. The summed E-state index contributed by atoms with van der Waals surface area (Å²) < 4.78 is 7.09. The largest absolute Gasteiger partial charge is 0.442 e. The van der Waals surface area contributed by atoms with Gasteiger partial charge in [0.1, 0.15) is 6.10 Å². The third kappa shape index (κ3) is 3.47. The van der Waals surface area contributed by atoms with Crippen molar-refractivity contribution in [1.82, 2.24) is 15.1 Å². The summed E-state index contributed by atoms with van der Waals surface area (Å²) in [5.74, 6) is 0.375. The molecule has 1 atom stereocenters. The molecule has 3 fully saturated rings. The second-order valence-electron chi connectivity index (χ2n) is 9.37. The maximum absolute atomic E-state index is 12.8. The number of carbonyl (C=O) groups excluding carboxylic acids is 3. The molecule has 2 saturated carbocycles. The van der Waals surface area contributed by atoms with Crippen molar-refractivity contribution in [2.45, 2.75) is 51.0 Å². The maximum Gasteiger partial charge on any atom is 0.414 e. The number of hydrogen-bond donors (Lipinski definition) is 1. The molecule has 4 aliphatic rings. The van der Waals surface area contributed by atoms with Gasteiger partial charge in [0, 0.05) is 23.1 Å². The van der Waals surface area contributed by atoms with E-state index in [2.05, 4.69) is 10.4 Å². The molecule has 0 spiro atoms. The second-order valence-corrected chi connectivity index (χ2v) is 9.37. The fourth-order valence-electron chi connectivity index (χ4n) is 4.72. The number of benzene rings is 1. The monoisotopic (exact) mass is 434 g/mol. The van der Waals surface area contributed by atoms with E-state index < -0.39 is 0 Å². The van der Waals surface area contributed by atoms with Crippen molar-refractivity contribution in [3.8, 4) is 11.3 Å². The highest BCUT2D eigenvalue weighted by Crippen LogP contribution is 2.38. The highest BCUT2D eigenvalue weighted by molar-refractivity contribution is 5.92. The molecule has 6 rings (SSSR count). The smallest absolute Gasteiger partial charge is 0.414 e. The van der Waals surface area contributed by atoms with Gasteiger partial charge in [-0.1, -0.05) is 6.07 Å². The van der Waals surface area contributed by atoms with E-state index in [1.54, 1.807) is 9.58 Å². The van der Waals surface area contributed by atoms with E-state index in [0.29, 0.717) is 13.1 Å². The second kappa shape index (κ2) is 7.46. The van der Waals surface area contributed by atoms with Crippen molar-refractivity contribution < 1.29 is 19.1 Å². The Balaban J connectivity index is 1.24. The molecule has 0 radical (unpaired) electrons. The first-order valence-electron chi connectivity index (χ1n) is 11.6. The van der Waals surface area contributed by atoms with Crippen LogP contribution in [0.2, 0.25) is 0 Å². The number of carbonyl (C=O) groups is 3. The zero-order chi connectivity index (χ0) is 21.8. The van der Waals surface area contributed by atoms with Crippen LogP contribution in [0.25, 0.3) is 11.3 Å². The molecule has 8 heteroatoms. The summed E-state index contributed by atoms with van der Waals surface area (Å²) in [5.41, 5.74) is 4.94. The molecule has 1 aliphatic heterocycles. The summed E-state index contributed by atoms with van der Waals surface area (Å²) >= 11 is 0. The van der Waals surface area contributed by atoms with Crippen LogP contribution < -0.4 is 10.2 Å². The molecule has 1 aromatic heterocycles. The Morgan fingerprint density at radius 2 is 1.88 bits per heavy atom. The quantitative estimate of drug-likeness (QED) is 0.781. The first-order chi connectivity index (χ1) is 15.6. The van der Waals surface area contributed by atoms with E-state index in [-0.39, 0.29) is 35.8 Å². The lowest BCUT2D eigenvalue weighted by Crippen LogP contribution is -2.35. The molecule has 166 valence electrons. The molecule has 2 aromatic rings. The number of fused-ring (bicyclic) bond motifs is 3. The average molecular weight is 434 g/mol. The normalized spacial score (nSPS) is 22.1. The van der Waals surface area contributed by atoms with E-state index >= 15 is 0 Å². The summed E-state index contributed by atoms with van der Waals surface area (Å²) in [4.78, 5) is 38.8. The number of aromatic nitrogens is 2. The minimum Gasteiger partial charge on any atom is -0.442 e. The SMILES string of the molecule is O=C(NCC1CN(c2ccc3c(c2)CCCc2cnn(C(=O)C4CC4)c2-3)C(=O)O1)C1CC1. The molecule has 1 N–H and O–H groups in total. The number of amides is 2. The lowest BCUT2D eigenvalue weighted by atomic mass is 10.0. The summed E-state index contributed by atoms with van der Waals surface area (Å²) in [5, 5.41) is 7.31. The number of ether oxygens (including phenoxy) is 1. The Kier molecular flexibility index (Phi) is 4.55. The van der Waals surface area contributed by atoms with Crippen molar-refractivity contribution in [1.29, 1.82) is 0 Å². The van der Waals surface area contributed by atoms with Gasteiger partial charge in [0.2, 0.25) is 5.91 Å². The molecule has 3 aliphatic carbocycles. The van der Waals surface area contributed by atoms with Crippen molar-refractivity contribution in [2.75, 3.05) is 18.0 Å². The first kappa shape index (κ1) is 19.5. The van der Waals surface area contributed by atoms with Crippen LogP contribution in [0.15, 0.2) is 24.4 Å². The average Bonchev–Trinajstić information content (AvgIpc) is 3.71. The number of nitrogens with one attached hydrogen (secondary N) is 1. The van der Waals surface area contributed by atoms with Gasteiger partial charge < -0.3 is 10.1 Å². The van der Waals surface area contributed by atoms with Gasteiger partial charge in [-0.3, -0.25) is 14.5 Å². The molecule has 0 bridgehead atoms. The molecule has 1 aromatic carbocycles. The van der Waals surface area contributed by atoms with Gasteiger partial charge in [-0.2, -0.15) is 9.78 Å². The van der Waals surface area contributed by atoms with E-state index in [1.807, 2.05) is 24.4 Å². The van der Waals surface area contributed by atoms with Crippen LogP contribution in [0, 0.1) is 11.8 Å². The number of cyclic esters (lactones) is 1. The maximum atomic E-state index is 12.8. The lowest BCUT2D eigenvalue weighted by Gasteiger charge is -2.17. The summed E-state index contributed by atoms with van der Waals surface area (Å²) in [6, 6.07) is 5.96. The van der Waals surface area contributed by atoms with E-state index in [0.717, 1.165) is 73.0 Å². The molecular formula is C24H26N4O4. The van der Waals surface area contributed by atoms with Crippen LogP contribution in [0.3, 0.4) is 0 Å². The summed E-state index contributed by atoms with van der Waals surface area (Å²) in [7, 11) is 0. The molecule has 2 heterocycles. The molecule has 32 heavy (non-hydrogen) atoms. The number of nitrogens with zero attached hydrogens (tertiary/aromatic N) is 3. The minimum atomic E-state index is -0.390. The molecular weight excluding hydrogens is 408 g/mol. The highest BCUT2D eigenvalue weighted by atomic mass is 16.6. The summed E-state index contributed by atoms with van der Waals surface area (Å²) in [6.45, 7) is 0.750. The van der Waals surface area contributed by atoms with E-state index in [9.17, 15) is 14.4 Å². The van der Waals surface area contributed by atoms with Crippen LogP contribution in [-0.4, -0.2) is 46.9 Å². The van der Waals surface area contributed by atoms with Crippen molar-refractivity contribution in [2.24, 2.45) is 11.8 Å². The van der Waals surface area contributed by atoms with Gasteiger partial charge in [0.25, 0.3) is 5.91 Å². The van der Waals surface area contributed by atoms with Crippen LogP contribution in [0.1, 0.15) is 48.0 Å². The number of aryl methyl sites for hydroxylation is 2. The predicted molar refractivity (Wildman–Crippen MR) is 116 cm³/mol. The van der Waals surface area contributed by atoms with Gasteiger partial charge in [-0.25, -0.2) is 4.79 Å². The van der Waals surface area contributed by atoms with Gasteiger partial charge in [-0.15, -0.1) is 0 Å². The van der Waals surface area contributed by atoms with Crippen LogP contribution >= 0.6 is 0 Å². The fraction of sp³-hybridized carbons (Fsp3) is 0.500. The van der Waals surface area contributed by atoms with E-state index in [1.165, 1.54) is 0 Å². The van der Waals surface area contributed by atoms with Crippen molar-refractivity contribution in [3.63, 3.8) is 0 Å². The Bertz CT molecular complexity index is 1120. The van der Waals surface area contributed by atoms with Crippen molar-refractivity contribution in [3.05, 3.63) is 35.5 Å². The Labute approximate surface area is 185 Å². The summed E-state index contributed by atoms with van der Waals surface area (Å²) in [6.07, 6.45) is 7.59. The molecule has 1 saturated heterocycles. The number of hydrogen-bond acceptors (Lipinski definition) is 5. The standard InChI is InChI=1S/C24H26N4O4/c29-22(14-4-5-14)25-12-19-13-27(24(31)32-19)18-8-9-20-16(10-18)2-1-3-17-11-26-28(21(17)20)23(30)15-6-7-15/h8-11,14-15,19H,1-7,12-13H2,(H,25,29). The van der Waals surface area contributed by atoms with Gasteiger partial charge >= 0.3 is 6.09 Å².